The number of amides is 1. The number of fused-ring (bicyclic) bond motifs is 3. The van der Waals surface area contributed by atoms with Gasteiger partial charge in [0.15, 0.2) is 5.16 Å². The Bertz CT molecular complexity index is 797. The van der Waals surface area contributed by atoms with Gasteiger partial charge in [0.05, 0.1) is 24.3 Å². The molecule has 0 unspecified atom stereocenters. The highest BCUT2D eigenvalue weighted by Gasteiger charge is 2.23. The zero-order chi connectivity index (χ0) is 16.4. The van der Waals surface area contributed by atoms with Crippen LogP contribution in [0.4, 0.5) is 0 Å². The van der Waals surface area contributed by atoms with Crippen LogP contribution >= 0.6 is 23.1 Å². The smallest absolute Gasteiger partial charge is 0.263 e. The molecule has 0 radical (unpaired) electrons. The number of carbonyl (C=O) groups is 1. The normalized spacial score (nSPS) is 13.5. The molecule has 23 heavy (non-hydrogen) atoms. The number of methoxy groups -OCH3 is 1. The lowest BCUT2D eigenvalue weighted by atomic mass is 10.2. The number of ether oxygens (including phenoxy) is 1. The maximum absolute atomic E-state index is 13.0. The summed E-state index contributed by atoms with van der Waals surface area (Å²) in [6.45, 7) is 0.881. The number of hydrogen-bond acceptors (Lipinski definition) is 6. The zero-order valence-electron chi connectivity index (χ0n) is 13.2. The van der Waals surface area contributed by atoms with Crippen molar-refractivity contribution in [3.63, 3.8) is 0 Å². The topological polar surface area (TPSA) is 73.2 Å². The van der Waals surface area contributed by atoms with Crippen molar-refractivity contribution in [2.45, 2.75) is 31.0 Å². The Morgan fingerprint density at radius 3 is 3.04 bits per heavy atom. The first-order valence-electron chi connectivity index (χ1n) is 7.53. The second-order valence-electron chi connectivity index (χ2n) is 5.34. The van der Waals surface area contributed by atoms with Gasteiger partial charge in [-0.15, -0.1) is 11.3 Å². The fourth-order valence-corrected chi connectivity index (χ4v) is 4.95. The Morgan fingerprint density at radius 1 is 1.48 bits per heavy atom. The van der Waals surface area contributed by atoms with Crippen LogP contribution in [-0.4, -0.2) is 42.0 Å². The maximum Gasteiger partial charge on any atom is 0.263 e. The van der Waals surface area contributed by atoms with Crippen molar-refractivity contribution in [3.05, 3.63) is 20.8 Å². The van der Waals surface area contributed by atoms with E-state index in [4.69, 9.17) is 4.74 Å². The number of thiophene rings is 1. The van der Waals surface area contributed by atoms with Crippen molar-refractivity contribution < 1.29 is 9.53 Å². The standard InChI is InChI=1S/C15H19N3O3S2/c1-16-11(19)8-22-15-17-13-12(9-4-3-5-10(9)23-13)14(20)18(15)6-7-21-2/h3-8H2,1-2H3,(H,16,19). The van der Waals surface area contributed by atoms with Crippen molar-refractivity contribution in [2.75, 3.05) is 26.5 Å². The Morgan fingerprint density at radius 2 is 2.30 bits per heavy atom. The first-order chi connectivity index (χ1) is 11.2. The molecule has 0 aromatic carbocycles. The van der Waals surface area contributed by atoms with Crippen LogP contribution in [0.15, 0.2) is 9.95 Å². The molecule has 0 aliphatic heterocycles. The van der Waals surface area contributed by atoms with E-state index in [1.807, 2.05) is 0 Å². The summed E-state index contributed by atoms with van der Waals surface area (Å²) < 4.78 is 6.76. The second kappa shape index (κ2) is 7.02. The Labute approximate surface area is 142 Å². The predicted molar refractivity (Wildman–Crippen MR) is 92.6 cm³/mol. The number of hydrogen-bond donors (Lipinski definition) is 1. The largest absolute Gasteiger partial charge is 0.383 e. The van der Waals surface area contributed by atoms with Crippen LogP contribution in [0, 0.1) is 0 Å². The lowest BCUT2D eigenvalue weighted by Crippen LogP contribution is -2.26. The SMILES string of the molecule is CNC(=O)CSc1nc2sc3c(c2c(=O)n1CCOC)CCC3. The van der Waals surface area contributed by atoms with E-state index in [0.29, 0.717) is 18.3 Å². The highest BCUT2D eigenvalue weighted by molar-refractivity contribution is 7.99. The van der Waals surface area contributed by atoms with E-state index in [1.165, 1.54) is 22.2 Å². The number of aryl methyl sites for hydroxylation is 2. The summed E-state index contributed by atoms with van der Waals surface area (Å²) in [6.07, 6.45) is 3.11. The molecule has 8 heteroatoms. The number of nitrogens with one attached hydrogen (secondary N) is 1. The summed E-state index contributed by atoms with van der Waals surface area (Å²) >= 11 is 2.91. The molecule has 2 aromatic rings. The minimum atomic E-state index is -0.0867. The van der Waals surface area contributed by atoms with Crippen molar-refractivity contribution >= 4 is 39.2 Å². The van der Waals surface area contributed by atoms with E-state index in [9.17, 15) is 9.59 Å². The van der Waals surface area contributed by atoms with Gasteiger partial charge in [0, 0.05) is 19.0 Å². The van der Waals surface area contributed by atoms with Crippen LogP contribution < -0.4 is 10.9 Å². The summed E-state index contributed by atoms with van der Waals surface area (Å²) in [6, 6.07) is 0. The van der Waals surface area contributed by atoms with Crippen LogP contribution in [0.1, 0.15) is 16.9 Å². The molecule has 1 N–H and O–H groups in total. The summed E-state index contributed by atoms with van der Waals surface area (Å²) in [5.74, 6) is 0.156. The molecule has 2 heterocycles. The molecule has 0 spiro atoms. The van der Waals surface area contributed by atoms with Crippen LogP contribution in [-0.2, 0) is 28.9 Å². The van der Waals surface area contributed by atoms with Gasteiger partial charge in [0.2, 0.25) is 5.91 Å². The van der Waals surface area contributed by atoms with Gasteiger partial charge < -0.3 is 10.1 Å². The molecule has 3 rings (SSSR count). The average Bonchev–Trinajstić information content (AvgIpc) is 3.12. The van der Waals surface area contributed by atoms with Gasteiger partial charge in [-0.25, -0.2) is 4.98 Å². The third-order valence-corrected chi connectivity index (χ3v) is 6.08. The summed E-state index contributed by atoms with van der Waals surface area (Å²) in [5, 5.41) is 3.94. The molecule has 124 valence electrons. The highest BCUT2D eigenvalue weighted by atomic mass is 32.2. The first kappa shape index (κ1) is 16.5. The van der Waals surface area contributed by atoms with Crippen LogP contribution in [0.3, 0.4) is 0 Å². The highest BCUT2D eigenvalue weighted by Crippen LogP contribution is 2.35. The molecule has 1 aliphatic rings. The fourth-order valence-electron chi connectivity index (χ4n) is 2.75. The van der Waals surface area contributed by atoms with E-state index in [-0.39, 0.29) is 17.2 Å². The average molecular weight is 353 g/mol. The molecule has 1 aliphatic carbocycles. The fraction of sp³-hybridized carbons (Fsp3) is 0.533. The number of thioether (sulfide) groups is 1. The predicted octanol–water partition coefficient (Wildman–Crippen LogP) is 1.43. The van der Waals surface area contributed by atoms with Crippen molar-refractivity contribution in [1.82, 2.24) is 14.9 Å². The molecule has 0 saturated heterocycles. The number of carbonyl (C=O) groups excluding carboxylic acids is 1. The molecule has 0 saturated carbocycles. The van der Waals surface area contributed by atoms with Crippen LogP contribution in [0.25, 0.3) is 10.2 Å². The van der Waals surface area contributed by atoms with Crippen molar-refractivity contribution in [2.24, 2.45) is 0 Å². The van der Waals surface area contributed by atoms with Gasteiger partial charge >= 0.3 is 0 Å². The Kier molecular flexibility index (Phi) is 5.03. The zero-order valence-corrected chi connectivity index (χ0v) is 14.8. The second-order valence-corrected chi connectivity index (χ2v) is 7.37. The molecular weight excluding hydrogens is 334 g/mol. The van der Waals surface area contributed by atoms with Crippen LogP contribution in [0.2, 0.25) is 0 Å². The molecule has 0 atom stereocenters. The van der Waals surface area contributed by atoms with Crippen LogP contribution in [0.5, 0.6) is 0 Å². The van der Waals surface area contributed by atoms with E-state index in [0.717, 1.165) is 29.5 Å². The van der Waals surface area contributed by atoms with E-state index in [1.54, 1.807) is 30.1 Å². The summed E-state index contributed by atoms with van der Waals surface area (Å²) in [5.41, 5.74) is 1.17. The minimum absolute atomic E-state index is 0.00847. The lowest BCUT2D eigenvalue weighted by molar-refractivity contribution is -0.118. The molecular formula is C15H19N3O3S2. The summed E-state index contributed by atoms with van der Waals surface area (Å²) in [7, 11) is 3.21. The van der Waals surface area contributed by atoms with Gasteiger partial charge in [0.25, 0.3) is 5.56 Å². The van der Waals surface area contributed by atoms with Crippen molar-refractivity contribution in [1.29, 1.82) is 0 Å². The van der Waals surface area contributed by atoms with Gasteiger partial charge in [-0.3, -0.25) is 14.2 Å². The first-order valence-corrected chi connectivity index (χ1v) is 9.33. The van der Waals surface area contributed by atoms with Crippen molar-refractivity contribution in [3.8, 4) is 0 Å². The third-order valence-electron chi connectivity index (χ3n) is 3.92. The van der Waals surface area contributed by atoms with E-state index < -0.39 is 0 Å². The van der Waals surface area contributed by atoms with E-state index >= 15 is 0 Å². The number of nitrogens with zero attached hydrogens (tertiary/aromatic N) is 2. The number of aromatic nitrogens is 2. The van der Waals surface area contributed by atoms with Gasteiger partial charge in [-0.05, 0) is 24.8 Å². The van der Waals surface area contributed by atoms with Gasteiger partial charge in [-0.1, -0.05) is 11.8 Å². The number of rotatable bonds is 6. The van der Waals surface area contributed by atoms with Gasteiger partial charge in [0.1, 0.15) is 4.83 Å². The molecule has 1 amide bonds. The Hall–Kier alpha value is -1.38. The van der Waals surface area contributed by atoms with E-state index in [2.05, 4.69) is 10.3 Å². The molecule has 6 nitrogen and oxygen atoms in total. The molecule has 0 fully saturated rings. The maximum atomic E-state index is 13.0. The quantitative estimate of drug-likeness (QED) is 0.628. The summed E-state index contributed by atoms with van der Waals surface area (Å²) in [4.78, 5) is 31.2. The third kappa shape index (κ3) is 3.15. The Balaban J connectivity index is 2.06. The molecule has 2 aromatic heterocycles. The lowest BCUT2D eigenvalue weighted by Gasteiger charge is -2.11. The minimum Gasteiger partial charge on any atom is -0.383 e. The molecule has 0 bridgehead atoms. The monoisotopic (exact) mass is 353 g/mol. The van der Waals surface area contributed by atoms with Gasteiger partial charge in [-0.2, -0.15) is 0 Å².